The maximum Gasteiger partial charge on any atom is 0.338 e. The van der Waals surface area contributed by atoms with Crippen LogP contribution in [0.1, 0.15) is 19.4 Å². The second-order valence-corrected chi connectivity index (χ2v) is 4.58. The zero-order valence-corrected chi connectivity index (χ0v) is 11.8. The molecule has 0 atom stereocenters. The fourth-order valence-electron chi connectivity index (χ4n) is 1.36. The van der Waals surface area contributed by atoms with Crippen LogP contribution in [0.2, 0.25) is 0 Å². The van der Waals surface area contributed by atoms with Crippen LogP contribution in [0.25, 0.3) is 0 Å². The van der Waals surface area contributed by atoms with Crippen LogP contribution >= 0.6 is 0 Å². The Bertz CT molecular complexity index is 421. The third-order valence-corrected chi connectivity index (χ3v) is 2.48. The zero-order chi connectivity index (χ0) is 14.8. The molecule has 0 aliphatic rings. The summed E-state index contributed by atoms with van der Waals surface area (Å²) in [6.07, 6.45) is 0. The Hall–Kier alpha value is -2.08. The molecule has 0 unspecified atom stereocenters. The number of nitrogens with one attached hydrogen (secondary N) is 3. The molecule has 0 spiro atoms. The van der Waals surface area contributed by atoms with Crippen molar-refractivity contribution in [1.82, 2.24) is 16.1 Å². The van der Waals surface area contributed by atoms with Gasteiger partial charge < -0.3 is 10.6 Å². The largest absolute Gasteiger partial charge is 0.354 e. The summed E-state index contributed by atoms with van der Waals surface area (Å²) < 4.78 is 0. The molecule has 0 radical (unpaired) electrons. The summed E-state index contributed by atoms with van der Waals surface area (Å²) >= 11 is 0. The third kappa shape index (κ3) is 6.75. The number of hydrogen-bond donors (Lipinski definition) is 3. The van der Waals surface area contributed by atoms with Gasteiger partial charge in [-0.05, 0) is 5.56 Å². The van der Waals surface area contributed by atoms with E-state index >= 15 is 0 Å². The number of hydrogen-bond acceptors (Lipinski definition) is 3. The Morgan fingerprint density at radius 2 is 1.75 bits per heavy atom. The van der Waals surface area contributed by atoms with Crippen molar-refractivity contribution in [3.8, 4) is 0 Å². The molecular formula is C14H21N3O3. The number of urea groups is 1. The first-order chi connectivity index (χ1) is 9.59. The Balaban J connectivity index is 2.05. The lowest BCUT2D eigenvalue weighted by Gasteiger charge is -2.09. The van der Waals surface area contributed by atoms with Crippen molar-refractivity contribution in [3.63, 3.8) is 0 Å². The predicted octanol–water partition coefficient (Wildman–Crippen LogP) is 1.19. The molecule has 0 fully saturated rings. The minimum Gasteiger partial charge on any atom is -0.354 e. The first kappa shape index (κ1) is 16.0. The highest BCUT2D eigenvalue weighted by atomic mass is 16.7. The van der Waals surface area contributed by atoms with Gasteiger partial charge in [0.05, 0.1) is 6.61 Å². The maximum atomic E-state index is 11.4. The van der Waals surface area contributed by atoms with Gasteiger partial charge in [0, 0.05) is 19.0 Å². The first-order valence-electron chi connectivity index (χ1n) is 6.57. The molecule has 20 heavy (non-hydrogen) atoms. The van der Waals surface area contributed by atoms with Gasteiger partial charge in [-0.15, -0.1) is 0 Å². The monoisotopic (exact) mass is 279 g/mol. The Labute approximate surface area is 118 Å². The molecule has 1 aromatic rings. The topological polar surface area (TPSA) is 79.5 Å². The number of amides is 3. The normalized spacial score (nSPS) is 10.2. The van der Waals surface area contributed by atoms with Crippen molar-refractivity contribution in [2.45, 2.75) is 20.5 Å². The van der Waals surface area contributed by atoms with Crippen LogP contribution in [-0.4, -0.2) is 25.0 Å². The number of benzene rings is 1. The lowest BCUT2D eigenvalue weighted by Crippen LogP contribution is -2.40. The van der Waals surface area contributed by atoms with Crippen molar-refractivity contribution in [1.29, 1.82) is 0 Å². The van der Waals surface area contributed by atoms with E-state index in [9.17, 15) is 9.59 Å². The number of carbonyl (C=O) groups is 2. The minimum absolute atomic E-state index is 0.0347. The van der Waals surface area contributed by atoms with Crippen LogP contribution in [-0.2, 0) is 16.2 Å². The summed E-state index contributed by atoms with van der Waals surface area (Å²) in [5, 5.41) is 5.27. The molecule has 3 amide bonds. The standard InChI is InChI=1S/C14H21N3O3/c1-11(2)13(18)15-8-9-16-14(19)17-20-10-12-6-4-3-5-7-12/h3-7,11H,8-10H2,1-2H3,(H,15,18)(H2,16,17,19). The molecular weight excluding hydrogens is 258 g/mol. The smallest absolute Gasteiger partial charge is 0.338 e. The minimum atomic E-state index is -0.431. The number of carbonyl (C=O) groups excluding carboxylic acids is 2. The summed E-state index contributed by atoms with van der Waals surface area (Å²) in [6, 6.07) is 9.09. The molecule has 0 aromatic heterocycles. The van der Waals surface area contributed by atoms with Crippen LogP contribution in [0.5, 0.6) is 0 Å². The molecule has 6 heteroatoms. The maximum absolute atomic E-state index is 11.4. The van der Waals surface area contributed by atoms with E-state index in [-0.39, 0.29) is 11.8 Å². The second-order valence-electron chi connectivity index (χ2n) is 4.58. The van der Waals surface area contributed by atoms with Gasteiger partial charge >= 0.3 is 6.03 Å². The average Bonchev–Trinajstić information content (AvgIpc) is 2.44. The molecule has 6 nitrogen and oxygen atoms in total. The number of hydroxylamine groups is 1. The summed E-state index contributed by atoms with van der Waals surface area (Å²) in [5.41, 5.74) is 3.25. The molecule has 0 saturated heterocycles. The molecule has 1 aromatic carbocycles. The van der Waals surface area contributed by atoms with Crippen molar-refractivity contribution in [2.75, 3.05) is 13.1 Å². The van der Waals surface area contributed by atoms with Crippen LogP contribution in [0.3, 0.4) is 0 Å². The molecule has 110 valence electrons. The Morgan fingerprint density at radius 3 is 2.40 bits per heavy atom. The summed E-state index contributed by atoms with van der Waals surface area (Å²) in [4.78, 5) is 27.7. The van der Waals surface area contributed by atoms with Crippen molar-refractivity contribution < 1.29 is 14.4 Å². The van der Waals surface area contributed by atoms with Gasteiger partial charge in [0.2, 0.25) is 5.91 Å². The van der Waals surface area contributed by atoms with E-state index in [1.807, 2.05) is 44.2 Å². The van der Waals surface area contributed by atoms with Gasteiger partial charge in [0.1, 0.15) is 0 Å². The van der Waals surface area contributed by atoms with Crippen molar-refractivity contribution in [3.05, 3.63) is 35.9 Å². The molecule has 0 aliphatic heterocycles. The van der Waals surface area contributed by atoms with Crippen molar-refractivity contribution in [2.24, 2.45) is 5.92 Å². The van der Waals surface area contributed by atoms with Crippen molar-refractivity contribution >= 4 is 11.9 Å². The van der Waals surface area contributed by atoms with E-state index < -0.39 is 6.03 Å². The second kappa shape index (κ2) is 8.92. The highest BCUT2D eigenvalue weighted by Gasteiger charge is 2.05. The van der Waals surface area contributed by atoms with Gasteiger partial charge in [0.15, 0.2) is 0 Å². The first-order valence-corrected chi connectivity index (χ1v) is 6.57. The molecule has 0 bridgehead atoms. The predicted molar refractivity (Wildman–Crippen MR) is 75.6 cm³/mol. The Morgan fingerprint density at radius 1 is 1.10 bits per heavy atom. The van der Waals surface area contributed by atoms with Crippen LogP contribution < -0.4 is 16.1 Å². The van der Waals surface area contributed by atoms with Crippen LogP contribution in [0.15, 0.2) is 30.3 Å². The highest BCUT2D eigenvalue weighted by molar-refractivity contribution is 5.78. The van der Waals surface area contributed by atoms with Crippen LogP contribution in [0, 0.1) is 5.92 Å². The van der Waals surface area contributed by atoms with E-state index in [1.165, 1.54) is 0 Å². The molecule has 0 heterocycles. The van der Waals surface area contributed by atoms with E-state index in [1.54, 1.807) is 0 Å². The third-order valence-electron chi connectivity index (χ3n) is 2.48. The van der Waals surface area contributed by atoms with Gasteiger partial charge in [0.25, 0.3) is 0 Å². The van der Waals surface area contributed by atoms with Gasteiger partial charge in [-0.3, -0.25) is 9.63 Å². The molecule has 1 rings (SSSR count). The molecule has 0 aliphatic carbocycles. The van der Waals surface area contributed by atoms with E-state index in [4.69, 9.17) is 4.84 Å². The lowest BCUT2D eigenvalue weighted by atomic mass is 10.2. The highest BCUT2D eigenvalue weighted by Crippen LogP contribution is 1.98. The molecule has 0 saturated carbocycles. The summed E-state index contributed by atoms with van der Waals surface area (Å²) in [7, 11) is 0. The van der Waals surface area contributed by atoms with Crippen LogP contribution in [0.4, 0.5) is 4.79 Å². The van der Waals surface area contributed by atoms with E-state index in [0.717, 1.165) is 5.56 Å². The lowest BCUT2D eigenvalue weighted by molar-refractivity contribution is -0.123. The quantitative estimate of drug-likeness (QED) is 0.518. The fraction of sp³-hybridized carbons (Fsp3) is 0.429. The molecule has 3 N–H and O–H groups in total. The Kier molecular flexibility index (Phi) is 7.13. The van der Waals surface area contributed by atoms with E-state index in [0.29, 0.717) is 19.7 Å². The SMILES string of the molecule is CC(C)C(=O)NCCNC(=O)NOCc1ccccc1. The number of rotatable bonds is 7. The fourth-order valence-corrected chi connectivity index (χ4v) is 1.36. The van der Waals surface area contributed by atoms with Gasteiger partial charge in [-0.2, -0.15) is 0 Å². The summed E-state index contributed by atoms with van der Waals surface area (Å²) in [6.45, 7) is 4.67. The van der Waals surface area contributed by atoms with E-state index in [2.05, 4.69) is 16.1 Å². The average molecular weight is 279 g/mol. The van der Waals surface area contributed by atoms with Gasteiger partial charge in [-0.25, -0.2) is 10.3 Å². The summed E-state index contributed by atoms with van der Waals surface area (Å²) in [5.74, 6) is -0.0921. The zero-order valence-electron chi connectivity index (χ0n) is 11.8. The van der Waals surface area contributed by atoms with Gasteiger partial charge in [-0.1, -0.05) is 44.2 Å².